The molecule has 8 nitrogen and oxygen atoms in total. The Hall–Kier alpha value is -2.57. The van der Waals surface area contributed by atoms with E-state index >= 15 is 0 Å². The van der Waals surface area contributed by atoms with E-state index in [1.165, 1.54) is 0 Å². The average Bonchev–Trinajstić information content (AvgIpc) is 2.53. The normalized spacial score (nSPS) is 12.9. The van der Waals surface area contributed by atoms with Crippen LogP contribution >= 0.6 is 0 Å². The number of morpholine rings is 1. The van der Waals surface area contributed by atoms with Gasteiger partial charge in [-0.15, -0.1) is 12.8 Å². The second-order valence-electron chi connectivity index (χ2n) is 5.40. The van der Waals surface area contributed by atoms with E-state index < -0.39 is 0 Å². The summed E-state index contributed by atoms with van der Waals surface area (Å²) in [4.78, 5) is 16.5. The maximum atomic E-state index is 11.5. The zero-order valence-electron chi connectivity index (χ0n) is 14.3. The largest absolute Gasteiger partial charge is 0.379 e. The lowest BCUT2D eigenvalue weighted by atomic mass is 10.1. The Morgan fingerprint density at radius 3 is 2.17 bits per heavy atom. The fraction of sp³-hybridized carbons (Fsp3) is 0.562. The Labute approximate surface area is 149 Å². The molecule has 24 heavy (non-hydrogen) atoms. The van der Waals surface area contributed by atoms with Gasteiger partial charge in [0.05, 0.1) is 25.0 Å². The van der Waals surface area contributed by atoms with Crippen molar-refractivity contribution in [3.8, 4) is 36.5 Å². The lowest BCUT2D eigenvalue weighted by molar-refractivity contribution is -0.254. The van der Waals surface area contributed by atoms with Crippen LogP contribution in [0.15, 0.2) is 5.28 Å². The first-order chi connectivity index (χ1) is 11.3. The summed E-state index contributed by atoms with van der Waals surface area (Å²) in [7, 11) is 0. The van der Waals surface area contributed by atoms with E-state index in [1.54, 1.807) is 0 Å². The molecule has 0 atom stereocenters. The summed E-state index contributed by atoms with van der Waals surface area (Å²) < 4.78 is 5.21. The average molecular weight is 344 g/mol. The van der Waals surface area contributed by atoms with Gasteiger partial charge in [-0.1, -0.05) is 0 Å². The molecule has 0 saturated carbocycles. The highest BCUT2D eigenvalue weighted by Gasteiger charge is 2.17. The molecule has 0 aliphatic carbocycles. The Kier molecular flexibility index (Phi) is 15.1. The predicted molar refractivity (Wildman–Crippen MR) is 97.9 cm³/mol. The smallest absolute Gasteiger partial charge is 0.234 e. The number of nitrogens with zero attached hydrogens (tertiary/aromatic N) is 2. The van der Waals surface area contributed by atoms with Crippen molar-refractivity contribution in [2.45, 2.75) is 26.3 Å². The number of nitrogens with one attached hydrogen (secondary N) is 2. The molecule has 140 valence electrons. The van der Waals surface area contributed by atoms with Gasteiger partial charge in [0.2, 0.25) is 5.91 Å². The predicted octanol–water partition coefficient (Wildman–Crippen LogP) is 1.90. The van der Waals surface area contributed by atoms with Crippen molar-refractivity contribution in [2.24, 2.45) is 5.28 Å². The zero-order valence-corrected chi connectivity index (χ0v) is 14.3. The van der Waals surface area contributed by atoms with E-state index in [2.05, 4.69) is 38.9 Å². The van der Waals surface area contributed by atoms with Gasteiger partial charge in [-0.3, -0.25) is 9.69 Å². The highest BCUT2D eigenvalue weighted by molar-refractivity contribution is 5.78. The molecule has 1 heterocycles. The minimum atomic E-state index is -0.136. The molecular weight excluding hydrogens is 312 g/mol. The topological polar surface area (TPSA) is 107 Å². The number of ether oxygens (including phenoxy) is 1. The highest BCUT2D eigenvalue weighted by atomic mass is 17.2. The monoisotopic (exact) mass is 344 g/mol. The van der Waals surface area contributed by atoms with Gasteiger partial charge in [0.1, 0.15) is 0 Å². The first-order valence-corrected chi connectivity index (χ1v) is 7.00. The maximum Gasteiger partial charge on any atom is 0.234 e. The van der Waals surface area contributed by atoms with Crippen LogP contribution in [0.2, 0.25) is 0 Å². The molecule has 1 aliphatic heterocycles. The van der Waals surface area contributed by atoms with Gasteiger partial charge in [0.25, 0.3) is 0 Å². The van der Waals surface area contributed by atoms with Gasteiger partial charge in [0, 0.05) is 24.3 Å². The summed E-state index contributed by atoms with van der Waals surface area (Å²) in [6.07, 6.45) is 9.39. The van der Waals surface area contributed by atoms with Gasteiger partial charge >= 0.3 is 0 Å². The highest BCUT2D eigenvalue weighted by Crippen LogP contribution is 2.00. The van der Waals surface area contributed by atoms with Crippen LogP contribution in [-0.2, 0) is 14.5 Å². The molecule has 0 spiro atoms. The van der Waals surface area contributed by atoms with Gasteiger partial charge in [-0.05, 0) is 44.5 Å². The number of amides is 1. The molecular formula is C16H32N4O4. The third-order valence-electron chi connectivity index (χ3n) is 2.23. The molecule has 0 radical (unpaired) electrons. The van der Waals surface area contributed by atoms with Gasteiger partial charge in [-0.25, -0.2) is 4.99 Å². The van der Waals surface area contributed by atoms with E-state index in [1.807, 2.05) is 26.0 Å². The fourth-order valence-electron chi connectivity index (χ4n) is 1.49. The van der Waals surface area contributed by atoms with Crippen molar-refractivity contribution in [2.75, 3.05) is 32.8 Å². The van der Waals surface area contributed by atoms with Gasteiger partial charge < -0.3 is 10.1 Å². The standard InChI is InChI=1S/C10H20N2O2.C6H2.H2N2O2.4H2/c1-10(2,3)11-9(13)8-12-4-6-14-7-5-12;1-3-5-6-4-2;1-2-4-3;;;;/h4-8H2,1-3H3,(H,11,13);1-2H;1,3H;4*1H. The van der Waals surface area contributed by atoms with Crippen molar-refractivity contribution in [1.29, 1.82) is 5.53 Å². The lowest BCUT2D eigenvalue weighted by Crippen LogP contribution is -2.48. The summed E-state index contributed by atoms with van der Waals surface area (Å²) in [5.74, 6) is 8.71. The molecule has 0 unspecified atom stereocenters. The molecule has 3 N–H and O–H groups in total. The SMILES string of the molecule is C#CC#CC#C.CC(C)(C)NC(=O)CN1CCOCC1.N=NOO.[HH].[HH].[HH].[HH]. The minimum Gasteiger partial charge on any atom is -0.379 e. The van der Waals surface area contributed by atoms with Crippen molar-refractivity contribution in [3.63, 3.8) is 0 Å². The number of carbonyl (C=O) groups is 1. The van der Waals surface area contributed by atoms with Crippen LogP contribution in [0.3, 0.4) is 0 Å². The molecule has 1 aliphatic rings. The van der Waals surface area contributed by atoms with E-state index in [-0.39, 0.29) is 17.2 Å². The van der Waals surface area contributed by atoms with E-state index in [0.717, 1.165) is 26.3 Å². The van der Waals surface area contributed by atoms with E-state index in [9.17, 15) is 4.79 Å². The summed E-state index contributed by atoms with van der Waals surface area (Å²) in [6, 6.07) is 0. The Morgan fingerprint density at radius 2 is 1.83 bits per heavy atom. The second-order valence-corrected chi connectivity index (χ2v) is 5.40. The third-order valence-corrected chi connectivity index (χ3v) is 2.23. The summed E-state index contributed by atoms with van der Waals surface area (Å²) in [5.41, 5.74) is 5.47. The first kappa shape index (κ1) is 23.7. The quantitative estimate of drug-likeness (QED) is 0.314. The van der Waals surface area contributed by atoms with Gasteiger partial charge in [0.15, 0.2) is 0 Å². The van der Waals surface area contributed by atoms with Crippen molar-refractivity contribution in [3.05, 3.63) is 0 Å². The molecule has 0 bridgehead atoms. The molecule has 1 amide bonds. The van der Waals surface area contributed by atoms with Crippen LogP contribution in [0, 0.1) is 42.1 Å². The van der Waals surface area contributed by atoms with Crippen LogP contribution in [0.1, 0.15) is 26.5 Å². The van der Waals surface area contributed by atoms with Crippen LogP contribution in [0.25, 0.3) is 0 Å². The number of terminal acetylenes is 2. The Bertz CT molecular complexity index is 496. The Morgan fingerprint density at radius 1 is 1.38 bits per heavy atom. The van der Waals surface area contributed by atoms with Gasteiger partial charge in [-0.2, -0.15) is 10.8 Å². The number of rotatable bonds is 3. The van der Waals surface area contributed by atoms with E-state index in [4.69, 9.17) is 28.4 Å². The van der Waals surface area contributed by atoms with E-state index in [0.29, 0.717) is 6.54 Å². The van der Waals surface area contributed by atoms with Crippen molar-refractivity contribution < 1.29 is 25.5 Å². The van der Waals surface area contributed by atoms with Crippen LogP contribution in [-0.4, -0.2) is 54.5 Å². The van der Waals surface area contributed by atoms with Crippen molar-refractivity contribution >= 4 is 5.91 Å². The summed E-state index contributed by atoms with van der Waals surface area (Å²) in [6.45, 7) is 9.65. The molecule has 0 aromatic rings. The Balaban J connectivity index is -0.0000000744. The van der Waals surface area contributed by atoms with Crippen LogP contribution < -0.4 is 5.32 Å². The molecule has 0 aromatic heterocycles. The number of carbonyl (C=O) groups excluding carboxylic acids is 1. The number of hydrogen-bond acceptors (Lipinski definition) is 7. The fourth-order valence-corrected chi connectivity index (χ4v) is 1.49. The van der Waals surface area contributed by atoms with Crippen LogP contribution in [0.5, 0.6) is 0 Å². The molecule has 8 heteroatoms. The maximum absolute atomic E-state index is 11.5. The molecule has 0 aromatic carbocycles. The summed E-state index contributed by atoms with van der Waals surface area (Å²) in [5, 5.41) is 12.0. The van der Waals surface area contributed by atoms with Crippen molar-refractivity contribution in [1.82, 2.24) is 10.2 Å². The first-order valence-electron chi connectivity index (χ1n) is 7.00. The minimum absolute atomic E-state index is 0. The molecule has 1 saturated heterocycles. The zero-order chi connectivity index (χ0) is 18.8. The molecule has 1 rings (SSSR count). The second kappa shape index (κ2) is 15.3. The van der Waals surface area contributed by atoms with Crippen LogP contribution in [0.4, 0.5) is 0 Å². The molecule has 1 fully saturated rings. The summed E-state index contributed by atoms with van der Waals surface area (Å²) >= 11 is 0. The lowest BCUT2D eigenvalue weighted by Gasteiger charge is -2.28. The third kappa shape index (κ3) is 19.4. The number of hydrogen-bond donors (Lipinski definition) is 3.